The molecule has 163 valence electrons. The fourth-order valence-electron chi connectivity index (χ4n) is 4.09. The second-order valence-electron chi connectivity index (χ2n) is 9.46. The third-order valence-electron chi connectivity index (χ3n) is 6.03. The molecule has 0 spiro atoms. The van der Waals surface area contributed by atoms with Gasteiger partial charge in [-0.25, -0.2) is 0 Å². The summed E-state index contributed by atoms with van der Waals surface area (Å²) in [6, 6.07) is 0. The zero-order valence-corrected chi connectivity index (χ0v) is 19.5. The molecule has 0 saturated heterocycles. The molecule has 0 aliphatic rings. The number of hydrogen-bond acceptors (Lipinski definition) is 0. The molecule has 0 saturated carbocycles. The quantitative estimate of drug-likeness (QED) is 0.155. The van der Waals surface area contributed by atoms with E-state index in [1.807, 2.05) is 0 Å². The van der Waals surface area contributed by atoms with Gasteiger partial charge < -0.3 is 0 Å². The van der Waals surface area contributed by atoms with Crippen LogP contribution in [0.5, 0.6) is 0 Å². The molecule has 1 radical (unpaired) electrons. The summed E-state index contributed by atoms with van der Waals surface area (Å²) in [5.41, 5.74) is 0. The number of rotatable bonds is 23. The fraction of sp³-hybridized carbons (Fsp3) is 0.963. The smallest absolute Gasteiger partial charge is 0.0471 e. The summed E-state index contributed by atoms with van der Waals surface area (Å²) in [7, 11) is 0. The molecule has 0 unspecified atom stereocenters. The second-order valence-corrected chi connectivity index (χ2v) is 9.46. The van der Waals surface area contributed by atoms with E-state index in [9.17, 15) is 0 Å². The fourth-order valence-corrected chi connectivity index (χ4v) is 4.09. The van der Waals surface area contributed by atoms with Crippen molar-refractivity contribution < 1.29 is 0 Å². The van der Waals surface area contributed by atoms with Gasteiger partial charge in [-0.15, -0.1) is 0 Å². The van der Waals surface area contributed by atoms with Crippen molar-refractivity contribution in [2.45, 2.75) is 162 Å². The van der Waals surface area contributed by atoms with Crippen molar-refractivity contribution in [1.29, 1.82) is 0 Å². The molecule has 0 heteroatoms. The average Bonchev–Trinajstić information content (AvgIpc) is 2.65. The van der Waals surface area contributed by atoms with Gasteiger partial charge in [-0.1, -0.05) is 168 Å². The van der Waals surface area contributed by atoms with Crippen LogP contribution in [0.4, 0.5) is 0 Å². The zero-order chi connectivity index (χ0) is 19.8. The van der Waals surface area contributed by atoms with Gasteiger partial charge in [0.2, 0.25) is 0 Å². The molecule has 0 fully saturated rings. The minimum Gasteiger partial charge on any atom is -0.0628 e. The van der Waals surface area contributed by atoms with E-state index in [-0.39, 0.29) is 0 Å². The van der Waals surface area contributed by atoms with Gasteiger partial charge in [0.25, 0.3) is 0 Å². The molecule has 0 nitrogen and oxygen atoms in total. The van der Waals surface area contributed by atoms with E-state index in [0.717, 1.165) is 12.3 Å². The van der Waals surface area contributed by atoms with Gasteiger partial charge in [0.05, 0.1) is 0 Å². The molecule has 0 aromatic carbocycles. The summed E-state index contributed by atoms with van der Waals surface area (Å²) in [6.45, 7) is 8.60. The first-order valence-electron chi connectivity index (χ1n) is 13.1. The summed E-state index contributed by atoms with van der Waals surface area (Å²) >= 11 is 0. The lowest BCUT2D eigenvalue weighted by atomic mass is 10.0. The third kappa shape index (κ3) is 26.0. The van der Waals surface area contributed by atoms with Crippen LogP contribution in [0, 0.1) is 12.8 Å². The Labute approximate surface area is 174 Å². The van der Waals surface area contributed by atoms with E-state index in [1.54, 1.807) is 0 Å². The van der Waals surface area contributed by atoms with Crippen LogP contribution in [-0.2, 0) is 0 Å². The minimum atomic E-state index is 0.897. The lowest BCUT2D eigenvalue weighted by molar-refractivity contribution is 0.500. The van der Waals surface area contributed by atoms with Crippen LogP contribution < -0.4 is 0 Å². The van der Waals surface area contributed by atoms with Crippen molar-refractivity contribution in [1.82, 2.24) is 0 Å². The maximum Gasteiger partial charge on any atom is -0.0471 e. The van der Waals surface area contributed by atoms with Crippen LogP contribution in [0.15, 0.2) is 0 Å². The summed E-state index contributed by atoms with van der Waals surface area (Å²) in [6.07, 6.45) is 33.3. The Hall–Kier alpha value is 0. The van der Waals surface area contributed by atoms with Crippen molar-refractivity contribution >= 4 is 0 Å². The van der Waals surface area contributed by atoms with Crippen molar-refractivity contribution in [2.75, 3.05) is 0 Å². The Morgan fingerprint density at radius 2 is 0.593 bits per heavy atom. The second kappa shape index (κ2) is 24.0. The normalized spacial score (nSPS) is 11.6. The number of hydrogen-bond donors (Lipinski definition) is 0. The van der Waals surface area contributed by atoms with E-state index in [0.29, 0.717) is 0 Å². The maximum absolute atomic E-state index is 3.91. The molecule has 0 N–H and O–H groups in total. The maximum atomic E-state index is 3.91. The summed E-state index contributed by atoms with van der Waals surface area (Å²) < 4.78 is 0. The van der Waals surface area contributed by atoms with Crippen molar-refractivity contribution in [3.05, 3.63) is 6.92 Å². The monoisotopic (exact) mass is 379 g/mol. The Bertz CT molecular complexity index is 242. The molecule has 27 heavy (non-hydrogen) atoms. The molecule has 0 amide bonds. The lowest BCUT2D eigenvalue weighted by Gasteiger charge is -2.05. The van der Waals surface area contributed by atoms with E-state index in [4.69, 9.17) is 0 Å². The van der Waals surface area contributed by atoms with Crippen LogP contribution >= 0.6 is 0 Å². The lowest BCUT2D eigenvalue weighted by Crippen LogP contribution is -1.87. The zero-order valence-electron chi connectivity index (χ0n) is 19.5. The summed E-state index contributed by atoms with van der Waals surface area (Å²) in [4.78, 5) is 0. The largest absolute Gasteiger partial charge is 0.0628 e. The first kappa shape index (κ1) is 27.0. The predicted molar refractivity (Wildman–Crippen MR) is 126 cm³/mol. The Morgan fingerprint density at radius 3 is 0.815 bits per heavy atom. The summed E-state index contributed by atoms with van der Waals surface area (Å²) in [5.74, 6) is 0.897. The van der Waals surface area contributed by atoms with Gasteiger partial charge in [0, 0.05) is 0 Å². The molecular weight excluding hydrogens is 324 g/mol. The van der Waals surface area contributed by atoms with Gasteiger partial charge in [-0.2, -0.15) is 0 Å². The predicted octanol–water partition coefficient (Wildman–Crippen LogP) is 10.4. The van der Waals surface area contributed by atoms with Crippen LogP contribution in [0.2, 0.25) is 0 Å². The van der Waals surface area contributed by atoms with Gasteiger partial charge >= 0.3 is 0 Å². The van der Waals surface area contributed by atoms with Gasteiger partial charge in [0.15, 0.2) is 0 Å². The minimum absolute atomic E-state index is 0.897. The average molecular weight is 380 g/mol. The van der Waals surface area contributed by atoms with Crippen LogP contribution in [0.3, 0.4) is 0 Å². The van der Waals surface area contributed by atoms with Crippen molar-refractivity contribution in [2.24, 2.45) is 5.92 Å². The molecule has 0 aromatic heterocycles. The first-order valence-corrected chi connectivity index (χ1v) is 13.1. The van der Waals surface area contributed by atoms with Crippen LogP contribution in [0.25, 0.3) is 0 Å². The molecule has 0 aromatic rings. The Balaban J connectivity index is 2.97. The highest BCUT2D eigenvalue weighted by atomic mass is 14.0. The molecular formula is C27H55. The molecule has 0 rings (SSSR count). The molecule has 0 aliphatic carbocycles. The van der Waals surface area contributed by atoms with Crippen molar-refractivity contribution in [3.8, 4) is 0 Å². The Morgan fingerprint density at radius 1 is 0.370 bits per heavy atom. The van der Waals surface area contributed by atoms with Gasteiger partial charge in [-0.3, -0.25) is 0 Å². The van der Waals surface area contributed by atoms with E-state index >= 15 is 0 Å². The van der Waals surface area contributed by atoms with Gasteiger partial charge in [0.1, 0.15) is 0 Å². The molecule has 0 heterocycles. The van der Waals surface area contributed by atoms with E-state index in [2.05, 4.69) is 20.8 Å². The van der Waals surface area contributed by atoms with Crippen molar-refractivity contribution in [3.63, 3.8) is 0 Å². The Kier molecular flexibility index (Phi) is 24.0. The van der Waals surface area contributed by atoms with E-state index in [1.165, 1.54) is 141 Å². The highest BCUT2D eigenvalue weighted by Gasteiger charge is 1.96. The third-order valence-corrected chi connectivity index (χ3v) is 6.03. The SMILES string of the molecule is [CH2]CCCCCCCCCCCCCCCCCCCCCCCC(C)C. The highest BCUT2D eigenvalue weighted by molar-refractivity contribution is 4.52. The highest BCUT2D eigenvalue weighted by Crippen LogP contribution is 2.15. The van der Waals surface area contributed by atoms with E-state index < -0.39 is 0 Å². The number of unbranched alkanes of at least 4 members (excludes halogenated alkanes) is 21. The first-order chi connectivity index (χ1) is 13.3. The molecule has 0 aliphatic heterocycles. The summed E-state index contributed by atoms with van der Waals surface area (Å²) in [5, 5.41) is 0. The van der Waals surface area contributed by atoms with Crippen LogP contribution in [-0.4, -0.2) is 0 Å². The standard InChI is InChI=1S/C27H55/c1-4-5-6-7-8-9-10-11-12-13-14-15-16-17-18-19-20-21-22-23-24-25-26-27(2)3/h27H,1,4-26H2,2-3H3. The molecule has 0 atom stereocenters. The molecule has 0 bridgehead atoms. The van der Waals surface area contributed by atoms with Crippen LogP contribution in [0.1, 0.15) is 162 Å². The topological polar surface area (TPSA) is 0 Å². The van der Waals surface area contributed by atoms with Gasteiger partial charge in [-0.05, 0) is 5.92 Å².